The smallest absolute Gasteiger partial charge is 0.251 e. The SMILES string of the molecule is CN(C)[C@@H](CNC(=O)c1ccc(S(=O)(=O)N[C@H]2CCS(=O)(=O)C2)cc1)c1cccc(F)c1. The van der Waals surface area contributed by atoms with Crippen LogP contribution in [-0.4, -0.2) is 65.8 Å². The lowest BCUT2D eigenvalue weighted by molar-refractivity contribution is 0.0941. The lowest BCUT2D eigenvalue weighted by Gasteiger charge is -2.25. The van der Waals surface area contributed by atoms with E-state index >= 15 is 0 Å². The first kappa shape index (κ1) is 24.3. The number of sulfone groups is 1. The fraction of sp³-hybridized carbons (Fsp3) is 0.381. The first-order valence-corrected chi connectivity index (χ1v) is 13.3. The summed E-state index contributed by atoms with van der Waals surface area (Å²) in [5.41, 5.74) is 0.987. The Morgan fingerprint density at radius 3 is 2.44 bits per heavy atom. The average Bonchev–Trinajstić information content (AvgIpc) is 3.05. The Morgan fingerprint density at radius 1 is 1.19 bits per heavy atom. The van der Waals surface area contributed by atoms with Crippen LogP contribution in [0.15, 0.2) is 53.4 Å². The maximum atomic E-state index is 13.6. The first-order chi connectivity index (χ1) is 15.0. The fourth-order valence-electron chi connectivity index (χ4n) is 3.56. The summed E-state index contributed by atoms with van der Waals surface area (Å²) < 4.78 is 64.1. The molecule has 32 heavy (non-hydrogen) atoms. The third kappa shape index (κ3) is 6.12. The van der Waals surface area contributed by atoms with Gasteiger partial charge in [0.25, 0.3) is 5.91 Å². The average molecular weight is 484 g/mol. The minimum Gasteiger partial charge on any atom is -0.350 e. The Morgan fingerprint density at radius 2 is 1.88 bits per heavy atom. The molecule has 1 fully saturated rings. The molecule has 2 aromatic rings. The number of hydrogen-bond donors (Lipinski definition) is 2. The maximum Gasteiger partial charge on any atom is 0.251 e. The number of rotatable bonds is 8. The van der Waals surface area contributed by atoms with Crippen LogP contribution in [0.3, 0.4) is 0 Å². The van der Waals surface area contributed by atoms with E-state index in [1.165, 1.54) is 36.4 Å². The van der Waals surface area contributed by atoms with Crippen molar-refractivity contribution in [1.29, 1.82) is 0 Å². The van der Waals surface area contributed by atoms with Gasteiger partial charge in [0.05, 0.1) is 22.4 Å². The Balaban J connectivity index is 1.64. The molecule has 1 aliphatic heterocycles. The standard InChI is InChI=1S/C21H26FN3O5S2/c1-25(2)20(16-4-3-5-17(22)12-16)13-23-21(26)15-6-8-19(9-7-15)32(29,30)24-18-10-11-31(27,28)14-18/h3-9,12,18,20,24H,10-11,13-14H2,1-2H3,(H,23,26)/t18-,20-/m0/s1. The molecular weight excluding hydrogens is 457 g/mol. The Kier molecular flexibility index (Phi) is 7.33. The van der Waals surface area contributed by atoms with Crippen LogP contribution in [0, 0.1) is 5.82 Å². The highest BCUT2D eigenvalue weighted by atomic mass is 32.2. The molecule has 2 atom stereocenters. The summed E-state index contributed by atoms with van der Waals surface area (Å²) in [7, 11) is -3.47. The molecule has 0 bridgehead atoms. The number of nitrogens with one attached hydrogen (secondary N) is 2. The van der Waals surface area contributed by atoms with Gasteiger partial charge in [-0.25, -0.2) is 25.9 Å². The van der Waals surface area contributed by atoms with E-state index in [0.717, 1.165) is 5.56 Å². The van der Waals surface area contributed by atoms with Crippen LogP contribution in [0.1, 0.15) is 28.4 Å². The lowest BCUT2D eigenvalue weighted by atomic mass is 10.1. The van der Waals surface area contributed by atoms with Crippen molar-refractivity contribution < 1.29 is 26.0 Å². The Hall–Kier alpha value is -2.34. The van der Waals surface area contributed by atoms with E-state index in [0.29, 0.717) is 0 Å². The van der Waals surface area contributed by atoms with Gasteiger partial charge in [0.2, 0.25) is 10.0 Å². The van der Waals surface area contributed by atoms with Crippen molar-refractivity contribution in [3.8, 4) is 0 Å². The molecular formula is C21H26FN3O5S2. The fourth-order valence-corrected chi connectivity index (χ4v) is 6.61. The van der Waals surface area contributed by atoms with Crippen LogP contribution in [0.5, 0.6) is 0 Å². The molecule has 0 radical (unpaired) electrons. The van der Waals surface area contributed by atoms with Gasteiger partial charge >= 0.3 is 0 Å². The minimum absolute atomic E-state index is 0.0388. The van der Waals surface area contributed by atoms with Gasteiger partial charge in [-0.2, -0.15) is 0 Å². The van der Waals surface area contributed by atoms with Gasteiger partial charge in [0.15, 0.2) is 9.84 Å². The van der Waals surface area contributed by atoms with Gasteiger partial charge < -0.3 is 10.2 Å². The molecule has 1 saturated heterocycles. The molecule has 0 aliphatic carbocycles. The van der Waals surface area contributed by atoms with Crippen LogP contribution >= 0.6 is 0 Å². The molecule has 3 rings (SSSR count). The van der Waals surface area contributed by atoms with Crippen LogP contribution in [0.25, 0.3) is 0 Å². The molecule has 1 aliphatic rings. The second-order valence-electron chi connectivity index (χ2n) is 7.99. The van der Waals surface area contributed by atoms with Crippen LogP contribution in [0.4, 0.5) is 4.39 Å². The summed E-state index contributed by atoms with van der Waals surface area (Å²) in [5.74, 6) is -1.01. The summed E-state index contributed by atoms with van der Waals surface area (Å²) in [6, 6.07) is 10.6. The van der Waals surface area contributed by atoms with Gasteiger partial charge in [-0.05, 0) is 62.5 Å². The van der Waals surface area contributed by atoms with Crippen molar-refractivity contribution in [2.24, 2.45) is 0 Å². The molecule has 11 heteroatoms. The Labute approximate surface area is 187 Å². The van der Waals surface area contributed by atoms with Gasteiger partial charge in [0.1, 0.15) is 5.82 Å². The van der Waals surface area contributed by atoms with Gasteiger partial charge in [-0.15, -0.1) is 0 Å². The van der Waals surface area contributed by atoms with Gasteiger partial charge in [-0.3, -0.25) is 4.79 Å². The molecule has 8 nitrogen and oxygen atoms in total. The Bertz CT molecular complexity index is 1180. The zero-order chi connectivity index (χ0) is 23.5. The molecule has 2 N–H and O–H groups in total. The van der Waals surface area contributed by atoms with Crippen molar-refractivity contribution >= 4 is 25.8 Å². The third-order valence-corrected chi connectivity index (χ3v) is 8.60. The maximum absolute atomic E-state index is 13.6. The summed E-state index contributed by atoms with van der Waals surface area (Å²) >= 11 is 0. The van der Waals surface area contributed by atoms with E-state index in [1.54, 1.807) is 12.1 Å². The number of likely N-dealkylation sites (N-methyl/N-ethyl adjacent to an activating group) is 1. The number of carbonyl (C=O) groups excluding carboxylic acids is 1. The van der Waals surface area contributed by atoms with Crippen molar-refractivity contribution in [2.45, 2.75) is 23.4 Å². The second kappa shape index (κ2) is 9.65. The molecule has 0 spiro atoms. The van der Waals surface area contributed by atoms with E-state index in [4.69, 9.17) is 0 Å². The van der Waals surface area contributed by atoms with Crippen LogP contribution in [-0.2, 0) is 19.9 Å². The number of sulfonamides is 1. The number of hydrogen-bond acceptors (Lipinski definition) is 6. The number of benzene rings is 2. The zero-order valence-corrected chi connectivity index (χ0v) is 19.4. The van der Waals surface area contributed by atoms with E-state index in [2.05, 4.69) is 10.0 Å². The summed E-state index contributed by atoms with van der Waals surface area (Å²) in [6.07, 6.45) is 0.237. The topological polar surface area (TPSA) is 113 Å². The van der Waals surface area contributed by atoms with E-state index < -0.39 is 31.8 Å². The predicted octanol–water partition coefficient (Wildman–Crippen LogP) is 1.32. The van der Waals surface area contributed by atoms with Crippen molar-refractivity contribution in [3.05, 3.63) is 65.5 Å². The summed E-state index contributed by atoms with van der Waals surface area (Å²) in [6.45, 7) is 0.229. The van der Waals surface area contributed by atoms with Crippen LogP contribution in [0.2, 0.25) is 0 Å². The molecule has 0 saturated carbocycles. The van der Waals surface area contributed by atoms with E-state index in [9.17, 15) is 26.0 Å². The third-order valence-electron chi connectivity index (χ3n) is 5.29. The highest BCUT2D eigenvalue weighted by Crippen LogP contribution is 2.19. The van der Waals surface area contributed by atoms with Gasteiger partial charge in [0, 0.05) is 18.2 Å². The molecule has 1 heterocycles. The number of carbonyl (C=O) groups is 1. The minimum atomic E-state index is -3.90. The van der Waals surface area contributed by atoms with Crippen molar-refractivity contribution in [1.82, 2.24) is 14.9 Å². The quantitative estimate of drug-likeness (QED) is 0.586. The number of amides is 1. The molecule has 0 unspecified atom stereocenters. The monoisotopic (exact) mass is 483 g/mol. The number of nitrogens with zero attached hydrogens (tertiary/aromatic N) is 1. The number of halogens is 1. The molecule has 0 aromatic heterocycles. The predicted molar refractivity (Wildman–Crippen MR) is 119 cm³/mol. The highest BCUT2D eigenvalue weighted by Gasteiger charge is 2.31. The molecule has 2 aromatic carbocycles. The molecule has 174 valence electrons. The lowest BCUT2D eigenvalue weighted by Crippen LogP contribution is -2.36. The largest absolute Gasteiger partial charge is 0.350 e. The zero-order valence-electron chi connectivity index (χ0n) is 17.8. The van der Waals surface area contributed by atoms with Crippen molar-refractivity contribution in [3.63, 3.8) is 0 Å². The first-order valence-electron chi connectivity index (χ1n) is 10.00. The second-order valence-corrected chi connectivity index (χ2v) is 11.9. The summed E-state index contributed by atoms with van der Waals surface area (Å²) in [4.78, 5) is 14.4. The highest BCUT2D eigenvalue weighted by molar-refractivity contribution is 7.92. The molecule has 1 amide bonds. The van der Waals surface area contributed by atoms with E-state index in [1.807, 2.05) is 19.0 Å². The van der Waals surface area contributed by atoms with Gasteiger partial charge in [-0.1, -0.05) is 12.1 Å². The van der Waals surface area contributed by atoms with Crippen molar-refractivity contribution in [2.75, 3.05) is 32.1 Å². The summed E-state index contributed by atoms with van der Waals surface area (Å²) in [5, 5.41) is 2.79. The van der Waals surface area contributed by atoms with Crippen LogP contribution < -0.4 is 10.0 Å². The normalized spacial score (nSPS) is 19.1. The van der Waals surface area contributed by atoms with E-state index in [-0.39, 0.29) is 46.8 Å².